The van der Waals surface area contributed by atoms with Gasteiger partial charge in [-0.15, -0.1) is 0 Å². The van der Waals surface area contributed by atoms with Crippen molar-refractivity contribution in [2.75, 3.05) is 4.90 Å². The lowest BCUT2D eigenvalue weighted by Gasteiger charge is -2.26. The van der Waals surface area contributed by atoms with Crippen molar-refractivity contribution in [3.8, 4) is 55.6 Å². The summed E-state index contributed by atoms with van der Waals surface area (Å²) in [7, 11) is 0. The highest BCUT2D eigenvalue weighted by molar-refractivity contribution is 6.23. The van der Waals surface area contributed by atoms with Crippen LogP contribution in [0.1, 0.15) is 0 Å². The highest BCUT2D eigenvalue weighted by atomic mass is 15.1. The van der Waals surface area contributed by atoms with Crippen molar-refractivity contribution in [3.63, 3.8) is 0 Å². The van der Waals surface area contributed by atoms with E-state index in [1.807, 2.05) is 18.5 Å². The van der Waals surface area contributed by atoms with Crippen LogP contribution >= 0.6 is 0 Å². The Labute approximate surface area is 356 Å². The second-order valence-electron chi connectivity index (χ2n) is 15.5. The molecule has 61 heavy (non-hydrogen) atoms. The summed E-state index contributed by atoms with van der Waals surface area (Å²) in [6.07, 6.45) is 3.72. The van der Waals surface area contributed by atoms with Gasteiger partial charge in [0.15, 0.2) is 0 Å². The molecule has 0 amide bonds. The van der Waals surface area contributed by atoms with E-state index in [4.69, 9.17) is 0 Å². The minimum atomic E-state index is 1.09. The summed E-state index contributed by atoms with van der Waals surface area (Å²) in [5.74, 6) is 0. The molecule has 0 N–H and O–H groups in total. The van der Waals surface area contributed by atoms with Crippen LogP contribution in [0.25, 0.3) is 88.0 Å². The van der Waals surface area contributed by atoms with Gasteiger partial charge in [0.2, 0.25) is 0 Å². The van der Waals surface area contributed by atoms with Gasteiger partial charge in [0.05, 0.1) is 0 Å². The zero-order valence-corrected chi connectivity index (χ0v) is 33.5. The van der Waals surface area contributed by atoms with E-state index in [2.05, 4.69) is 234 Å². The quantitative estimate of drug-likeness (QED) is 0.143. The molecule has 0 aliphatic heterocycles. The van der Waals surface area contributed by atoms with Gasteiger partial charge in [-0.2, -0.15) is 0 Å². The van der Waals surface area contributed by atoms with E-state index in [0.29, 0.717) is 0 Å². The fourth-order valence-electron chi connectivity index (χ4n) is 9.02. The summed E-state index contributed by atoms with van der Waals surface area (Å²) >= 11 is 0. The Morgan fingerprint density at radius 1 is 0.262 bits per heavy atom. The van der Waals surface area contributed by atoms with Crippen LogP contribution in [0.4, 0.5) is 17.1 Å². The molecule has 0 fully saturated rings. The molecule has 1 aromatic heterocycles. The second kappa shape index (κ2) is 15.6. The van der Waals surface area contributed by atoms with Gasteiger partial charge in [-0.05, 0) is 130 Å². The Morgan fingerprint density at radius 3 is 1.18 bits per heavy atom. The average Bonchev–Trinajstić information content (AvgIpc) is 3.34. The van der Waals surface area contributed by atoms with Crippen LogP contribution in [0.15, 0.2) is 243 Å². The van der Waals surface area contributed by atoms with Crippen LogP contribution in [0.3, 0.4) is 0 Å². The van der Waals surface area contributed by atoms with Gasteiger partial charge in [-0.3, -0.25) is 4.98 Å². The standard InChI is InChI=1S/C59H40N2/c1-2-12-41(13-3-1)43-27-33-49(34-28-43)61(51-37-31-45(32-38-51)48-16-11-39-60-40-48)50-35-29-44(30-36-50)42-23-25-47(26-24-42)58-54-18-6-8-20-56(54)59(57-21-9-7-19-55(57)58)53-22-10-15-46-14-4-5-17-52(46)53/h1-40H. The monoisotopic (exact) mass is 776 g/mol. The number of benzene rings is 10. The molecular weight excluding hydrogens is 737 g/mol. The highest BCUT2D eigenvalue weighted by Gasteiger charge is 2.18. The Bertz CT molecular complexity index is 3160. The maximum atomic E-state index is 4.34. The molecule has 0 radical (unpaired) electrons. The molecule has 11 rings (SSSR count). The van der Waals surface area contributed by atoms with Crippen LogP contribution in [-0.4, -0.2) is 4.98 Å². The molecule has 1 heterocycles. The molecule has 2 heteroatoms. The lowest BCUT2D eigenvalue weighted by molar-refractivity contribution is 1.28. The number of rotatable bonds is 8. The first-order valence-corrected chi connectivity index (χ1v) is 20.9. The Kier molecular flexibility index (Phi) is 9.22. The molecule has 0 saturated heterocycles. The smallest absolute Gasteiger partial charge is 0.0462 e. The predicted octanol–water partition coefficient (Wildman–Crippen LogP) is 16.3. The first-order valence-electron chi connectivity index (χ1n) is 20.9. The van der Waals surface area contributed by atoms with E-state index in [0.717, 1.165) is 28.2 Å². The van der Waals surface area contributed by atoms with Crippen LogP contribution in [0.5, 0.6) is 0 Å². The molecule has 10 aromatic carbocycles. The van der Waals surface area contributed by atoms with Crippen LogP contribution in [0.2, 0.25) is 0 Å². The number of hydrogen-bond acceptors (Lipinski definition) is 2. The van der Waals surface area contributed by atoms with Crippen molar-refractivity contribution < 1.29 is 0 Å². The van der Waals surface area contributed by atoms with E-state index in [1.54, 1.807) is 0 Å². The molecule has 0 saturated carbocycles. The summed E-state index contributed by atoms with van der Waals surface area (Å²) < 4.78 is 0. The Morgan fingerprint density at radius 2 is 0.656 bits per heavy atom. The van der Waals surface area contributed by atoms with Crippen molar-refractivity contribution in [2.45, 2.75) is 0 Å². The number of nitrogens with zero attached hydrogens (tertiary/aromatic N) is 2. The zero-order valence-electron chi connectivity index (χ0n) is 33.5. The third kappa shape index (κ3) is 6.71. The molecule has 0 unspecified atom stereocenters. The fourth-order valence-corrected chi connectivity index (χ4v) is 9.02. The number of fused-ring (bicyclic) bond motifs is 3. The molecule has 0 spiro atoms. The Balaban J connectivity index is 0.956. The van der Waals surface area contributed by atoms with Gasteiger partial charge < -0.3 is 4.90 Å². The zero-order chi connectivity index (χ0) is 40.5. The van der Waals surface area contributed by atoms with Crippen molar-refractivity contribution in [2.24, 2.45) is 0 Å². The summed E-state index contributed by atoms with van der Waals surface area (Å²) in [5, 5.41) is 7.56. The number of aromatic nitrogens is 1. The lowest BCUT2D eigenvalue weighted by Crippen LogP contribution is -2.09. The van der Waals surface area contributed by atoms with Crippen molar-refractivity contribution in [1.29, 1.82) is 0 Å². The van der Waals surface area contributed by atoms with E-state index in [9.17, 15) is 0 Å². The third-order valence-electron chi connectivity index (χ3n) is 12.0. The van der Waals surface area contributed by atoms with E-state index in [-0.39, 0.29) is 0 Å². The number of anilines is 3. The molecule has 0 aliphatic rings. The number of pyridine rings is 1. The molecular formula is C59H40N2. The maximum absolute atomic E-state index is 4.34. The van der Waals surface area contributed by atoms with E-state index < -0.39 is 0 Å². The van der Waals surface area contributed by atoms with E-state index in [1.165, 1.54) is 76.8 Å². The van der Waals surface area contributed by atoms with Crippen molar-refractivity contribution in [1.82, 2.24) is 4.98 Å². The first-order chi connectivity index (χ1) is 30.3. The van der Waals surface area contributed by atoms with Crippen LogP contribution in [0, 0.1) is 0 Å². The second-order valence-corrected chi connectivity index (χ2v) is 15.5. The van der Waals surface area contributed by atoms with Crippen molar-refractivity contribution in [3.05, 3.63) is 243 Å². The van der Waals surface area contributed by atoms with Crippen molar-refractivity contribution >= 4 is 49.4 Å². The largest absolute Gasteiger partial charge is 0.311 e. The van der Waals surface area contributed by atoms with Gasteiger partial charge in [-0.25, -0.2) is 0 Å². The van der Waals surface area contributed by atoms with Gasteiger partial charge in [0.1, 0.15) is 0 Å². The maximum Gasteiger partial charge on any atom is 0.0462 e. The molecule has 0 bridgehead atoms. The van der Waals surface area contributed by atoms with Gasteiger partial charge in [-0.1, -0.05) is 188 Å². The first kappa shape index (κ1) is 36.0. The molecule has 0 atom stereocenters. The molecule has 2 nitrogen and oxygen atoms in total. The molecule has 11 aromatic rings. The minimum Gasteiger partial charge on any atom is -0.311 e. The molecule has 0 aliphatic carbocycles. The normalized spacial score (nSPS) is 11.3. The minimum absolute atomic E-state index is 1.09. The third-order valence-corrected chi connectivity index (χ3v) is 12.0. The average molecular weight is 777 g/mol. The van der Waals surface area contributed by atoms with E-state index >= 15 is 0 Å². The predicted molar refractivity (Wildman–Crippen MR) is 259 cm³/mol. The van der Waals surface area contributed by atoms with Crippen LogP contribution < -0.4 is 4.90 Å². The van der Waals surface area contributed by atoms with Crippen LogP contribution in [-0.2, 0) is 0 Å². The SMILES string of the molecule is c1ccc(-c2ccc(N(c3ccc(-c4ccc(-c5c6ccccc6c(-c6cccc7ccccc67)c6ccccc56)cc4)cc3)c3ccc(-c4cccnc4)cc3)cc2)cc1. The summed E-state index contributed by atoms with van der Waals surface area (Å²) in [5.41, 5.74) is 15.3. The fraction of sp³-hybridized carbons (Fsp3) is 0. The van der Waals surface area contributed by atoms with Gasteiger partial charge in [0.25, 0.3) is 0 Å². The van der Waals surface area contributed by atoms with Gasteiger partial charge >= 0.3 is 0 Å². The van der Waals surface area contributed by atoms with Gasteiger partial charge in [0, 0.05) is 29.5 Å². The molecule has 286 valence electrons. The summed E-state index contributed by atoms with van der Waals surface area (Å²) in [6, 6.07) is 83.5. The highest BCUT2D eigenvalue weighted by Crippen LogP contribution is 2.46. The summed E-state index contributed by atoms with van der Waals surface area (Å²) in [6.45, 7) is 0. The topological polar surface area (TPSA) is 16.1 Å². The Hall–Kier alpha value is -8.07. The summed E-state index contributed by atoms with van der Waals surface area (Å²) in [4.78, 5) is 6.66. The lowest BCUT2D eigenvalue weighted by atomic mass is 9.84. The number of hydrogen-bond donors (Lipinski definition) is 0.